The van der Waals surface area contributed by atoms with Crippen molar-refractivity contribution >= 4 is 11.6 Å². The molecule has 2 unspecified atom stereocenters. The van der Waals surface area contributed by atoms with Crippen molar-refractivity contribution < 1.29 is 14.3 Å². The second-order valence-corrected chi connectivity index (χ2v) is 6.13. The lowest BCUT2D eigenvalue weighted by molar-refractivity contribution is -0.117. The number of hydrogen-bond donors (Lipinski definition) is 3. The van der Waals surface area contributed by atoms with E-state index < -0.39 is 0 Å². The molecule has 2 atom stereocenters. The van der Waals surface area contributed by atoms with Crippen LogP contribution in [0.15, 0.2) is 42.5 Å². The fraction of sp³-hybridized carbons (Fsp3) is 0.316. The Morgan fingerprint density at radius 3 is 2.28 bits per heavy atom. The smallest absolute Gasteiger partial charge is 0.242 e. The highest BCUT2D eigenvalue weighted by Gasteiger charge is 2.30. The molecule has 6 nitrogen and oxygen atoms in total. The first-order chi connectivity index (χ1) is 12.1. The van der Waals surface area contributed by atoms with E-state index in [-0.39, 0.29) is 18.0 Å². The van der Waals surface area contributed by atoms with Gasteiger partial charge in [0.05, 0.1) is 14.2 Å². The summed E-state index contributed by atoms with van der Waals surface area (Å²) in [5, 5.41) is 2.91. The number of ether oxygens (including phenoxy) is 2. The maximum atomic E-state index is 12.5. The van der Waals surface area contributed by atoms with Crippen LogP contribution >= 0.6 is 0 Å². The van der Waals surface area contributed by atoms with Crippen LogP contribution in [0.2, 0.25) is 0 Å². The number of carbonyl (C=O) groups is 1. The highest BCUT2D eigenvalue weighted by Crippen LogP contribution is 2.27. The number of benzene rings is 2. The molecular weight excluding hydrogens is 318 g/mol. The van der Waals surface area contributed by atoms with Crippen molar-refractivity contribution in [2.45, 2.75) is 25.4 Å². The minimum absolute atomic E-state index is 0.0996. The number of rotatable bonds is 5. The van der Waals surface area contributed by atoms with Gasteiger partial charge in [0.1, 0.15) is 17.5 Å². The molecule has 132 valence electrons. The Morgan fingerprint density at radius 2 is 1.68 bits per heavy atom. The molecule has 25 heavy (non-hydrogen) atoms. The molecule has 2 aromatic carbocycles. The van der Waals surface area contributed by atoms with Crippen LogP contribution in [0.1, 0.15) is 23.6 Å². The van der Waals surface area contributed by atoms with Crippen molar-refractivity contribution in [1.29, 1.82) is 0 Å². The molecule has 1 heterocycles. The SMILES string of the molecule is COc1cc(NC(=O)C2CC(c3ccc(C)cc3)NN2)cc(OC)c1. The average Bonchev–Trinajstić information content (AvgIpc) is 3.12. The minimum atomic E-state index is -0.316. The molecule has 0 radical (unpaired) electrons. The largest absolute Gasteiger partial charge is 0.497 e. The van der Waals surface area contributed by atoms with Gasteiger partial charge in [-0.05, 0) is 18.9 Å². The van der Waals surface area contributed by atoms with Gasteiger partial charge in [-0.25, -0.2) is 10.9 Å². The Morgan fingerprint density at radius 1 is 1.04 bits per heavy atom. The highest BCUT2D eigenvalue weighted by atomic mass is 16.5. The molecule has 2 aromatic rings. The molecule has 1 fully saturated rings. The van der Waals surface area contributed by atoms with E-state index in [0.717, 1.165) is 5.56 Å². The number of hydrogen-bond acceptors (Lipinski definition) is 5. The molecular formula is C19H23N3O3. The van der Waals surface area contributed by atoms with Gasteiger partial charge in [0.15, 0.2) is 0 Å². The van der Waals surface area contributed by atoms with E-state index in [2.05, 4.69) is 47.4 Å². The summed E-state index contributed by atoms with van der Waals surface area (Å²) >= 11 is 0. The van der Waals surface area contributed by atoms with E-state index in [1.165, 1.54) is 5.56 Å². The first-order valence-electron chi connectivity index (χ1n) is 8.20. The van der Waals surface area contributed by atoms with E-state index >= 15 is 0 Å². The third-order valence-corrected chi connectivity index (χ3v) is 4.32. The Kier molecular flexibility index (Phi) is 5.21. The lowest BCUT2D eigenvalue weighted by Gasteiger charge is -2.13. The predicted molar refractivity (Wildman–Crippen MR) is 96.8 cm³/mol. The second kappa shape index (κ2) is 7.55. The topological polar surface area (TPSA) is 71.6 Å². The fourth-order valence-corrected chi connectivity index (χ4v) is 2.85. The number of methoxy groups -OCH3 is 2. The van der Waals surface area contributed by atoms with Crippen LogP contribution in [0.4, 0.5) is 5.69 Å². The molecule has 1 aliphatic heterocycles. The van der Waals surface area contributed by atoms with E-state index in [4.69, 9.17) is 9.47 Å². The number of hydrazine groups is 1. The first kappa shape index (κ1) is 17.3. The molecule has 1 amide bonds. The van der Waals surface area contributed by atoms with Gasteiger partial charge < -0.3 is 14.8 Å². The predicted octanol–water partition coefficient (Wildman–Crippen LogP) is 2.56. The zero-order valence-corrected chi connectivity index (χ0v) is 14.6. The number of amides is 1. The van der Waals surface area contributed by atoms with Crippen molar-refractivity contribution in [3.8, 4) is 11.5 Å². The second-order valence-electron chi connectivity index (χ2n) is 6.13. The van der Waals surface area contributed by atoms with Gasteiger partial charge in [0.25, 0.3) is 0 Å². The summed E-state index contributed by atoms with van der Waals surface area (Å²) in [5.74, 6) is 1.16. The van der Waals surface area contributed by atoms with Crippen LogP contribution in [0, 0.1) is 6.92 Å². The minimum Gasteiger partial charge on any atom is -0.497 e. The van der Waals surface area contributed by atoms with Gasteiger partial charge in [-0.1, -0.05) is 29.8 Å². The van der Waals surface area contributed by atoms with E-state index in [1.54, 1.807) is 32.4 Å². The van der Waals surface area contributed by atoms with Crippen molar-refractivity contribution in [2.24, 2.45) is 0 Å². The van der Waals surface area contributed by atoms with E-state index in [0.29, 0.717) is 23.6 Å². The maximum Gasteiger partial charge on any atom is 0.242 e. The van der Waals surface area contributed by atoms with Crippen LogP contribution < -0.4 is 25.6 Å². The molecule has 1 aliphatic rings. The lowest BCUT2D eigenvalue weighted by atomic mass is 10.0. The average molecular weight is 341 g/mol. The van der Waals surface area contributed by atoms with Gasteiger partial charge in [-0.2, -0.15) is 0 Å². The van der Waals surface area contributed by atoms with Gasteiger partial charge in [-0.3, -0.25) is 4.79 Å². The van der Waals surface area contributed by atoms with Crippen molar-refractivity contribution in [3.63, 3.8) is 0 Å². The molecule has 0 spiro atoms. The van der Waals surface area contributed by atoms with Gasteiger partial charge in [-0.15, -0.1) is 0 Å². The summed E-state index contributed by atoms with van der Waals surface area (Å²) < 4.78 is 10.5. The first-order valence-corrected chi connectivity index (χ1v) is 8.20. The monoisotopic (exact) mass is 341 g/mol. The summed E-state index contributed by atoms with van der Waals surface area (Å²) in [6.07, 6.45) is 0.677. The Balaban J connectivity index is 1.65. The Bertz CT molecular complexity index is 724. The van der Waals surface area contributed by atoms with Crippen molar-refractivity contribution in [2.75, 3.05) is 19.5 Å². The van der Waals surface area contributed by atoms with Crippen molar-refractivity contribution in [1.82, 2.24) is 10.9 Å². The molecule has 0 bridgehead atoms. The highest BCUT2D eigenvalue weighted by molar-refractivity contribution is 5.95. The van der Waals surface area contributed by atoms with Crippen LogP contribution in [0.5, 0.6) is 11.5 Å². The molecule has 0 saturated carbocycles. The van der Waals surface area contributed by atoms with Crippen LogP contribution in [0.3, 0.4) is 0 Å². The summed E-state index contributed by atoms with van der Waals surface area (Å²) in [6.45, 7) is 2.06. The number of anilines is 1. The maximum absolute atomic E-state index is 12.5. The quantitative estimate of drug-likeness (QED) is 0.780. The van der Waals surface area contributed by atoms with Gasteiger partial charge >= 0.3 is 0 Å². The summed E-state index contributed by atoms with van der Waals surface area (Å²) in [4.78, 5) is 12.5. The third kappa shape index (κ3) is 4.10. The molecule has 0 aliphatic carbocycles. The zero-order valence-electron chi connectivity index (χ0n) is 14.6. The number of aryl methyl sites for hydroxylation is 1. The van der Waals surface area contributed by atoms with Crippen LogP contribution in [0.25, 0.3) is 0 Å². The number of carbonyl (C=O) groups excluding carboxylic acids is 1. The summed E-state index contributed by atoms with van der Waals surface area (Å²) in [7, 11) is 3.16. The van der Waals surface area contributed by atoms with Crippen molar-refractivity contribution in [3.05, 3.63) is 53.6 Å². The van der Waals surface area contributed by atoms with Crippen LogP contribution in [-0.4, -0.2) is 26.2 Å². The molecule has 0 aromatic heterocycles. The Hall–Kier alpha value is -2.57. The number of nitrogens with one attached hydrogen (secondary N) is 3. The molecule has 6 heteroatoms. The molecule has 3 rings (SSSR count). The fourth-order valence-electron chi connectivity index (χ4n) is 2.85. The third-order valence-electron chi connectivity index (χ3n) is 4.32. The Labute approximate surface area is 147 Å². The molecule has 3 N–H and O–H groups in total. The zero-order chi connectivity index (χ0) is 17.8. The summed E-state index contributed by atoms with van der Waals surface area (Å²) in [5.41, 5.74) is 9.29. The van der Waals surface area contributed by atoms with Crippen LogP contribution in [-0.2, 0) is 4.79 Å². The summed E-state index contributed by atoms with van der Waals surface area (Å²) in [6, 6.07) is 13.4. The van der Waals surface area contributed by atoms with E-state index in [9.17, 15) is 4.79 Å². The van der Waals surface area contributed by atoms with Gasteiger partial charge in [0.2, 0.25) is 5.91 Å². The lowest BCUT2D eigenvalue weighted by Crippen LogP contribution is -2.39. The normalized spacial score (nSPS) is 19.5. The van der Waals surface area contributed by atoms with E-state index in [1.807, 2.05) is 0 Å². The standard InChI is InChI=1S/C19H23N3O3/c1-12-4-6-13(7-5-12)17-11-18(22-21-17)19(23)20-14-8-15(24-2)10-16(9-14)25-3/h4-10,17-18,21-22H,11H2,1-3H3,(H,20,23). The van der Waals surface area contributed by atoms with Gasteiger partial charge in [0, 0.05) is 29.9 Å². The molecule has 1 saturated heterocycles.